The van der Waals surface area contributed by atoms with Crippen LogP contribution in [-0.4, -0.2) is 90.5 Å². The molecule has 2 aliphatic rings. The minimum Gasteiger partial charge on any atom is -0.472 e. The molecular weight excluding hydrogens is 552 g/mol. The van der Waals surface area contributed by atoms with Gasteiger partial charge in [0, 0.05) is 70.4 Å². The van der Waals surface area contributed by atoms with Gasteiger partial charge in [-0.25, -0.2) is 4.99 Å². The molecule has 0 saturated carbocycles. The van der Waals surface area contributed by atoms with Crippen LogP contribution >= 0.6 is 0 Å². The third-order valence-corrected chi connectivity index (χ3v) is 8.78. The molecule has 0 amide bonds. The van der Waals surface area contributed by atoms with Crippen molar-refractivity contribution in [1.82, 2.24) is 18.9 Å². The summed E-state index contributed by atoms with van der Waals surface area (Å²) in [4.78, 5) is 10.1. The molecular formula is C35H42N6O3. The molecule has 2 aliphatic heterocycles. The zero-order valence-corrected chi connectivity index (χ0v) is 25.4. The van der Waals surface area contributed by atoms with Gasteiger partial charge in [0.2, 0.25) is 0 Å². The summed E-state index contributed by atoms with van der Waals surface area (Å²) in [6, 6.07) is 19.3. The second-order valence-electron chi connectivity index (χ2n) is 11.7. The molecule has 5 aromatic rings. The maximum Gasteiger partial charge on any atom is 0.141 e. The Labute approximate surface area is 258 Å². The number of furan rings is 1. The number of ether oxygens (including phenoxy) is 2. The molecule has 44 heavy (non-hydrogen) atoms. The zero-order valence-electron chi connectivity index (χ0n) is 25.4. The van der Waals surface area contributed by atoms with Crippen LogP contribution < -0.4 is 5.32 Å². The third kappa shape index (κ3) is 6.92. The van der Waals surface area contributed by atoms with E-state index in [4.69, 9.17) is 18.9 Å². The lowest BCUT2D eigenvalue weighted by atomic mass is 10.2. The standard InChI is InChI=1S/C35H42N6O3/c1(10-38-16-21-42-22-17-38)12-40-14-7-28-3-5-31(25-33(28)40)36-35(30-9-20-44-27-30)37-32-6-4-29-8-15-41(34(29)26-32)13-2-11-39-18-23-43-24-19-39/h3-9,14-15,20,25-27H,1-2,10-13,16-19,21-24H2,(H,36,37). The van der Waals surface area contributed by atoms with E-state index in [0.29, 0.717) is 0 Å². The number of morpholine rings is 2. The quantitative estimate of drug-likeness (QED) is 0.153. The Morgan fingerprint density at radius 3 is 1.91 bits per heavy atom. The van der Waals surface area contributed by atoms with Crippen LogP contribution in [0.25, 0.3) is 21.8 Å². The normalized spacial score (nSPS) is 17.1. The molecule has 0 atom stereocenters. The summed E-state index contributed by atoms with van der Waals surface area (Å²) >= 11 is 0. The number of nitrogens with one attached hydrogen (secondary N) is 1. The SMILES string of the molecule is c1cc(C(=Nc2ccc3ccn(CCCN4CCOCC4)c3c2)Nc2ccc3ccn(CCCN4CCOCC4)c3c2)co1. The van der Waals surface area contributed by atoms with Gasteiger partial charge in [-0.2, -0.15) is 0 Å². The Morgan fingerprint density at radius 1 is 0.682 bits per heavy atom. The van der Waals surface area contributed by atoms with Crippen molar-refractivity contribution in [3.63, 3.8) is 0 Å². The summed E-state index contributed by atoms with van der Waals surface area (Å²) in [5.74, 6) is 0.758. The van der Waals surface area contributed by atoms with Crippen LogP contribution in [0.5, 0.6) is 0 Å². The summed E-state index contributed by atoms with van der Waals surface area (Å²) < 4.78 is 21.2. The molecule has 0 unspecified atom stereocenters. The third-order valence-electron chi connectivity index (χ3n) is 8.78. The monoisotopic (exact) mass is 594 g/mol. The second-order valence-corrected chi connectivity index (χ2v) is 11.7. The summed E-state index contributed by atoms with van der Waals surface area (Å²) in [7, 11) is 0. The first kappa shape index (κ1) is 28.9. The molecule has 0 spiro atoms. The van der Waals surface area contributed by atoms with Crippen molar-refractivity contribution in [1.29, 1.82) is 0 Å². The fourth-order valence-electron chi connectivity index (χ4n) is 6.30. The highest BCUT2D eigenvalue weighted by atomic mass is 16.5. The van der Waals surface area contributed by atoms with E-state index in [1.54, 1.807) is 12.5 Å². The van der Waals surface area contributed by atoms with E-state index in [2.05, 4.69) is 85.2 Å². The first-order valence-corrected chi connectivity index (χ1v) is 15.9. The van der Waals surface area contributed by atoms with Gasteiger partial charge in [0.25, 0.3) is 0 Å². The van der Waals surface area contributed by atoms with Gasteiger partial charge in [0.05, 0.1) is 55.0 Å². The number of anilines is 1. The molecule has 2 aromatic carbocycles. The van der Waals surface area contributed by atoms with E-state index in [0.717, 1.165) is 114 Å². The Balaban J connectivity index is 1.08. The predicted molar refractivity (Wildman–Crippen MR) is 176 cm³/mol. The fourth-order valence-corrected chi connectivity index (χ4v) is 6.30. The highest BCUT2D eigenvalue weighted by Crippen LogP contribution is 2.26. The summed E-state index contributed by atoms with van der Waals surface area (Å²) in [6.45, 7) is 11.7. The molecule has 0 bridgehead atoms. The topological polar surface area (TPSA) is 72.3 Å². The van der Waals surface area contributed by atoms with Crippen molar-refractivity contribution in [3.05, 3.63) is 85.1 Å². The van der Waals surface area contributed by atoms with Crippen molar-refractivity contribution >= 4 is 39.0 Å². The summed E-state index contributed by atoms with van der Waals surface area (Å²) in [5, 5.41) is 6.08. The van der Waals surface area contributed by atoms with E-state index < -0.39 is 0 Å². The van der Waals surface area contributed by atoms with E-state index in [-0.39, 0.29) is 0 Å². The molecule has 9 heteroatoms. The number of aryl methyl sites for hydroxylation is 2. The number of aromatic nitrogens is 2. The van der Waals surface area contributed by atoms with Crippen molar-refractivity contribution in [2.45, 2.75) is 25.9 Å². The van der Waals surface area contributed by atoms with E-state index in [1.165, 1.54) is 21.8 Å². The molecule has 3 aromatic heterocycles. The summed E-state index contributed by atoms with van der Waals surface area (Å²) in [5.41, 5.74) is 5.24. The maximum absolute atomic E-state index is 5.50. The number of nitrogens with zero attached hydrogens (tertiary/aromatic N) is 5. The number of benzene rings is 2. The molecule has 2 saturated heterocycles. The van der Waals surface area contributed by atoms with Gasteiger partial charge in [-0.1, -0.05) is 12.1 Å². The minimum absolute atomic E-state index is 0.758. The number of hydrogen-bond donors (Lipinski definition) is 1. The molecule has 7 rings (SSSR count). The number of amidine groups is 1. The van der Waals surface area contributed by atoms with Crippen LogP contribution in [0.1, 0.15) is 18.4 Å². The van der Waals surface area contributed by atoms with Gasteiger partial charge in [0.1, 0.15) is 12.1 Å². The molecule has 5 heterocycles. The van der Waals surface area contributed by atoms with Crippen LogP contribution in [0, 0.1) is 0 Å². The van der Waals surface area contributed by atoms with Crippen molar-refractivity contribution < 1.29 is 13.9 Å². The highest BCUT2D eigenvalue weighted by molar-refractivity contribution is 6.10. The molecule has 9 nitrogen and oxygen atoms in total. The van der Waals surface area contributed by atoms with Gasteiger partial charge in [-0.05, 0) is 66.1 Å². The Hall–Kier alpha value is -3.89. The first-order chi connectivity index (χ1) is 21.8. The van der Waals surface area contributed by atoms with Gasteiger partial charge in [-0.3, -0.25) is 9.80 Å². The minimum atomic E-state index is 0.758. The average molecular weight is 595 g/mol. The lowest BCUT2D eigenvalue weighted by Gasteiger charge is -2.26. The van der Waals surface area contributed by atoms with Crippen molar-refractivity contribution in [2.24, 2.45) is 4.99 Å². The van der Waals surface area contributed by atoms with E-state index in [9.17, 15) is 0 Å². The van der Waals surface area contributed by atoms with Crippen LogP contribution in [0.4, 0.5) is 11.4 Å². The Kier molecular flexibility index (Phi) is 9.06. The lowest BCUT2D eigenvalue weighted by Crippen LogP contribution is -2.37. The number of hydrogen-bond acceptors (Lipinski definition) is 6. The van der Waals surface area contributed by atoms with E-state index in [1.807, 2.05) is 6.07 Å². The molecule has 2 fully saturated rings. The number of aliphatic imine (C=N–C) groups is 1. The van der Waals surface area contributed by atoms with Gasteiger partial charge in [-0.15, -0.1) is 0 Å². The lowest BCUT2D eigenvalue weighted by molar-refractivity contribution is 0.0369. The maximum atomic E-state index is 5.50. The first-order valence-electron chi connectivity index (χ1n) is 15.9. The molecule has 1 N–H and O–H groups in total. The molecule has 230 valence electrons. The highest BCUT2D eigenvalue weighted by Gasteiger charge is 2.13. The van der Waals surface area contributed by atoms with Crippen molar-refractivity contribution in [3.8, 4) is 0 Å². The van der Waals surface area contributed by atoms with Crippen LogP contribution in [0.2, 0.25) is 0 Å². The smallest absolute Gasteiger partial charge is 0.141 e. The van der Waals surface area contributed by atoms with Crippen LogP contribution in [0.15, 0.2) is 88.9 Å². The number of rotatable bonds is 11. The van der Waals surface area contributed by atoms with Gasteiger partial charge < -0.3 is 28.3 Å². The van der Waals surface area contributed by atoms with Gasteiger partial charge in [0.15, 0.2) is 0 Å². The van der Waals surface area contributed by atoms with Crippen molar-refractivity contribution in [2.75, 3.05) is 71.0 Å². The molecule has 0 radical (unpaired) electrons. The van der Waals surface area contributed by atoms with Crippen LogP contribution in [-0.2, 0) is 22.6 Å². The predicted octanol–water partition coefficient (Wildman–Crippen LogP) is 5.82. The fraction of sp³-hybridized carbons (Fsp3) is 0.400. The molecule has 0 aliphatic carbocycles. The Bertz CT molecular complexity index is 1680. The summed E-state index contributed by atoms with van der Waals surface area (Å²) in [6.07, 6.45) is 10.0. The second kappa shape index (κ2) is 13.8. The Morgan fingerprint density at radius 2 is 1.30 bits per heavy atom. The number of fused-ring (bicyclic) bond motifs is 2. The zero-order chi connectivity index (χ0) is 29.6. The average Bonchev–Trinajstić information content (AvgIpc) is 3.83. The van der Waals surface area contributed by atoms with E-state index >= 15 is 0 Å². The van der Waals surface area contributed by atoms with Crippen LogP contribution in [0.3, 0.4) is 0 Å². The largest absolute Gasteiger partial charge is 0.472 e. The van der Waals surface area contributed by atoms with Gasteiger partial charge >= 0.3 is 0 Å².